The number of rotatable bonds is 5. The molecule has 0 aliphatic carbocycles. The van der Waals surface area contributed by atoms with Gasteiger partial charge in [0.1, 0.15) is 0 Å². The van der Waals surface area contributed by atoms with Crippen molar-refractivity contribution < 1.29 is 0 Å². The van der Waals surface area contributed by atoms with Crippen LogP contribution in [0.25, 0.3) is 93.8 Å². The quantitative estimate of drug-likeness (QED) is 0.172. The lowest BCUT2D eigenvalue weighted by atomic mass is 10.0. The van der Waals surface area contributed by atoms with E-state index in [1.807, 2.05) is 0 Å². The van der Waals surface area contributed by atoms with E-state index in [4.69, 9.17) is 0 Å². The van der Waals surface area contributed by atoms with Crippen molar-refractivity contribution in [2.45, 2.75) is 0 Å². The molecular formula is C50H33N3. The molecule has 0 saturated heterocycles. The standard InChI is InChI=1S/C50H33N3/c1-4-13-34(14-5-1)36-23-25-47-44(29-36)45-30-37(35-15-6-2-7-16-35)24-26-48(45)52(47)40-19-12-20-41(32-40)53-46-22-11-10-21-42(46)43-31-38-27-28-51(49(38)33-50(43)53)39-17-8-3-9-18-39/h1-33H. The van der Waals surface area contributed by atoms with E-state index in [2.05, 4.69) is 214 Å². The second kappa shape index (κ2) is 11.7. The Labute approximate surface area is 306 Å². The van der Waals surface area contributed by atoms with Gasteiger partial charge in [0, 0.05) is 50.2 Å². The SMILES string of the molecule is c1ccc(-c2ccc3c(c2)c2cc(-c4ccccc4)ccc2n3-c2cccc(-n3c4ccccc4c4cc5ccn(-c6ccccc6)c5cc43)c2)cc1. The van der Waals surface area contributed by atoms with Crippen molar-refractivity contribution in [1.29, 1.82) is 0 Å². The summed E-state index contributed by atoms with van der Waals surface area (Å²) >= 11 is 0. The van der Waals surface area contributed by atoms with Gasteiger partial charge >= 0.3 is 0 Å². The number of hydrogen-bond acceptors (Lipinski definition) is 0. The van der Waals surface area contributed by atoms with Gasteiger partial charge in [0.15, 0.2) is 0 Å². The maximum Gasteiger partial charge on any atom is 0.0562 e. The number of benzene rings is 8. The Morgan fingerprint density at radius 2 is 0.774 bits per heavy atom. The van der Waals surface area contributed by atoms with Gasteiger partial charge < -0.3 is 13.7 Å². The van der Waals surface area contributed by atoms with Crippen molar-refractivity contribution in [2.24, 2.45) is 0 Å². The summed E-state index contributed by atoms with van der Waals surface area (Å²) in [6.07, 6.45) is 2.18. The lowest BCUT2D eigenvalue weighted by Crippen LogP contribution is -1.99. The molecule has 3 aromatic heterocycles. The molecule has 3 heteroatoms. The van der Waals surface area contributed by atoms with Crippen LogP contribution in [0.3, 0.4) is 0 Å². The highest BCUT2D eigenvalue weighted by Crippen LogP contribution is 2.39. The maximum atomic E-state index is 2.44. The number of fused-ring (bicyclic) bond motifs is 7. The Bertz CT molecular complexity index is 3050. The lowest BCUT2D eigenvalue weighted by molar-refractivity contribution is 1.12. The van der Waals surface area contributed by atoms with E-state index in [0.717, 1.165) is 17.1 Å². The van der Waals surface area contributed by atoms with Crippen LogP contribution in [0.2, 0.25) is 0 Å². The first-order valence-electron chi connectivity index (χ1n) is 18.2. The zero-order valence-corrected chi connectivity index (χ0v) is 28.9. The third-order valence-corrected chi connectivity index (χ3v) is 10.8. The lowest BCUT2D eigenvalue weighted by Gasteiger charge is -2.13. The first-order chi connectivity index (χ1) is 26.3. The normalized spacial score (nSPS) is 11.8. The van der Waals surface area contributed by atoms with E-state index in [9.17, 15) is 0 Å². The fourth-order valence-electron chi connectivity index (χ4n) is 8.38. The van der Waals surface area contributed by atoms with Gasteiger partial charge in [-0.05, 0) is 101 Å². The molecule has 3 heterocycles. The van der Waals surface area contributed by atoms with Crippen molar-refractivity contribution in [3.8, 4) is 39.3 Å². The molecule has 0 aliphatic rings. The van der Waals surface area contributed by atoms with E-state index in [0.29, 0.717) is 0 Å². The van der Waals surface area contributed by atoms with E-state index in [1.54, 1.807) is 0 Å². The monoisotopic (exact) mass is 675 g/mol. The minimum absolute atomic E-state index is 1.13. The van der Waals surface area contributed by atoms with Crippen molar-refractivity contribution in [3.05, 3.63) is 200 Å². The van der Waals surface area contributed by atoms with Crippen LogP contribution in [0.4, 0.5) is 0 Å². The predicted molar refractivity (Wildman–Crippen MR) is 223 cm³/mol. The van der Waals surface area contributed by atoms with Crippen LogP contribution >= 0.6 is 0 Å². The molecule has 3 nitrogen and oxygen atoms in total. The largest absolute Gasteiger partial charge is 0.316 e. The Morgan fingerprint density at radius 1 is 0.264 bits per heavy atom. The third kappa shape index (κ3) is 4.68. The van der Waals surface area contributed by atoms with Crippen molar-refractivity contribution in [3.63, 3.8) is 0 Å². The Balaban J connectivity index is 1.15. The summed E-state index contributed by atoms with van der Waals surface area (Å²) in [5.74, 6) is 0. The van der Waals surface area contributed by atoms with Gasteiger partial charge in [0.25, 0.3) is 0 Å². The molecule has 8 aromatic carbocycles. The summed E-state index contributed by atoms with van der Waals surface area (Å²) in [4.78, 5) is 0. The van der Waals surface area contributed by atoms with Crippen molar-refractivity contribution in [1.82, 2.24) is 13.7 Å². The Hall–Kier alpha value is -7.10. The molecule has 0 fully saturated rings. The number of hydrogen-bond donors (Lipinski definition) is 0. The average Bonchev–Trinajstić information content (AvgIpc) is 3.90. The molecule has 248 valence electrons. The molecule has 0 bridgehead atoms. The Kier molecular flexibility index (Phi) is 6.55. The van der Waals surface area contributed by atoms with Gasteiger partial charge in [-0.3, -0.25) is 0 Å². The van der Waals surface area contributed by atoms with Crippen molar-refractivity contribution >= 4 is 54.5 Å². The minimum atomic E-state index is 1.13. The minimum Gasteiger partial charge on any atom is -0.316 e. The molecule has 11 rings (SSSR count). The highest BCUT2D eigenvalue weighted by molar-refractivity contribution is 6.14. The summed E-state index contributed by atoms with van der Waals surface area (Å²) in [5, 5.41) is 6.22. The molecule has 0 N–H and O–H groups in total. The van der Waals surface area contributed by atoms with Crippen molar-refractivity contribution in [2.75, 3.05) is 0 Å². The Morgan fingerprint density at radius 3 is 1.42 bits per heavy atom. The zero-order valence-electron chi connectivity index (χ0n) is 28.9. The second-order valence-corrected chi connectivity index (χ2v) is 13.9. The molecule has 0 spiro atoms. The first-order valence-corrected chi connectivity index (χ1v) is 18.2. The smallest absolute Gasteiger partial charge is 0.0562 e. The summed E-state index contributed by atoms with van der Waals surface area (Å²) < 4.78 is 7.16. The first kappa shape index (κ1) is 29.6. The van der Waals surface area contributed by atoms with Crippen LogP contribution in [0.5, 0.6) is 0 Å². The molecule has 0 radical (unpaired) electrons. The van der Waals surface area contributed by atoms with E-state index >= 15 is 0 Å². The molecule has 0 unspecified atom stereocenters. The van der Waals surface area contributed by atoms with Crippen LogP contribution in [0.15, 0.2) is 200 Å². The van der Waals surface area contributed by atoms with Gasteiger partial charge in [-0.25, -0.2) is 0 Å². The maximum absolute atomic E-state index is 2.44. The van der Waals surface area contributed by atoms with Gasteiger partial charge in [-0.2, -0.15) is 0 Å². The zero-order chi connectivity index (χ0) is 34.9. The van der Waals surface area contributed by atoms with Crippen LogP contribution in [0, 0.1) is 0 Å². The fraction of sp³-hybridized carbons (Fsp3) is 0. The predicted octanol–water partition coefficient (Wildman–Crippen LogP) is 13.2. The van der Waals surface area contributed by atoms with E-state index < -0.39 is 0 Å². The average molecular weight is 676 g/mol. The summed E-state index contributed by atoms with van der Waals surface area (Å²) in [7, 11) is 0. The van der Waals surface area contributed by atoms with Crippen LogP contribution in [-0.4, -0.2) is 13.7 Å². The van der Waals surface area contributed by atoms with Gasteiger partial charge in [-0.1, -0.05) is 115 Å². The van der Waals surface area contributed by atoms with Gasteiger partial charge in [0.2, 0.25) is 0 Å². The molecule has 53 heavy (non-hydrogen) atoms. The summed E-state index contributed by atoms with van der Waals surface area (Å²) in [5.41, 5.74) is 14.2. The van der Waals surface area contributed by atoms with E-state index in [-0.39, 0.29) is 0 Å². The van der Waals surface area contributed by atoms with Gasteiger partial charge in [0.05, 0.1) is 27.6 Å². The summed E-state index contributed by atoms with van der Waals surface area (Å²) in [6, 6.07) is 70.6. The second-order valence-electron chi connectivity index (χ2n) is 13.9. The number of aromatic nitrogens is 3. The summed E-state index contributed by atoms with van der Waals surface area (Å²) in [6.45, 7) is 0. The van der Waals surface area contributed by atoms with Gasteiger partial charge in [-0.15, -0.1) is 0 Å². The molecule has 11 aromatic rings. The molecule has 0 aliphatic heterocycles. The topological polar surface area (TPSA) is 14.8 Å². The third-order valence-electron chi connectivity index (χ3n) is 10.8. The molecule has 0 amide bonds. The van der Waals surface area contributed by atoms with Crippen LogP contribution in [-0.2, 0) is 0 Å². The highest BCUT2D eigenvalue weighted by Gasteiger charge is 2.18. The molecule has 0 atom stereocenters. The molecule has 0 saturated carbocycles. The molecular weight excluding hydrogens is 643 g/mol. The number of para-hydroxylation sites is 2. The highest BCUT2D eigenvalue weighted by atomic mass is 15.0. The van der Waals surface area contributed by atoms with Crippen LogP contribution < -0.4 is 0 Å². The van der Waals surface area contributed by atoms with Crippen LogP contribution in [0.1, 0.15) is 0 Å². The fourth-order valence-corrected chi connectivity index (χ4v) is 8.38. The number of nitrogens with zero attached hydrogens (tertiary/aromatic N) is 3. The van der Waals surface area contributed by atoms with E-state index in [1.165, 1.54) is 76.8 Å².